The fourth-order valence-corrected chi connectivity index (χ4v) is 4.29. The number of carboxylic acids is 1. The number of aliphatic carboxylic acids is 1. The lowest BCUT2D eigenvalue weighted by molar-refractivity contribution is -0.137. The summed E-state index contributed by atoms with van der Waals surface area (Å²) >= 11 is 0. The molecule has 21 heavy (non-hydrogen) atoms. The molecule has 6 heteroatoms. The molecule has 0 amide bonds. The van der Waals surface area contributed by atoms with Crippen molar-refractivity contribution in [1.29, 1.82) is 0 Å². The van der Waals surface area contributed by atoms with Crippen LogP contribution in [0.1, 0.15) is 50.5 Å². The first-order chi connectivity index (χ1) is 9.88. The molecule has 116 valence electrons. The molecule has 1 aliphatic rings. The summed E-state index contributed by atoms with van der Waals surface area (Å²) in [5, 5.41) is 8.49. The van der Waals surface area contributed by atoms with Crippen LogP contribution in [0.25, 0.3) is 0 Å². The Labute approximate surface area is 125 Å². The van der Waals surface area contributed by atoms with E-state index in [-0.39, 0.29) is 17.6 Å². The minimum absolute atomic E-state index is 0.0626. The number of nitrogens with one attached hydrogen (secondary N) is 1. The molecule has 1 saturated carbocycles. The van der Waals surface area contributed by atoms with Crippen molar-refractivity contribution in [1.82, 2.24) is 0 Å². The minimum Gasteiger partial charge on any atom is -0.481 e. The van der Waals surface area contributed by atoms with Gasteiger partial charge in [-0.25, -0.2) is 8.42 Å². The summed E-state index contributed by atoms with van der Waals surface area (Å²) in [6, 6.07) is 6.95. The van der Waals surface area contributed by atoms with Crippen LogP contribution in [0.2, 0.25) is 0 Å². The van der Waals surface area contributed by atoms with E-state index in [1.807, 2.05) is 6.92 Å². The van der Waals surface area contributed by atoms with Gasteiger partial charge in [-0.15, -0.1) is 0 Å². The quantitative estimate of drug-likeness (QED) is 0.846. The van der Waals surface area contributed by atoms with E-state index in [1.54, 1.807) is 24.3 Å². The highest BCUT2D eigenvalue weighted by Gasteiger charge is 2.28. The lowest BCUT2D eigenvalue weighted by Gasteiger charge is -2.14. The van der Waals surface area contributed by atoms with Crippen molar-refractivity contribution >= 4 is 21.7 Å². The maximum atomic E-state index is 12.2. The molecule has 0 bridgehead atoms. The molecular weight excluding hydrogens is 290 g/mol. The summed E-state index contributed by atoms with van der Waals surface area (Å²) in [6.07, 6.45) is 3.45. The van der Waals surface area contributed by atoms with Gasteiger partial charge in [0.1, 0.15) is 0 Å². The van der Waals surface area contributed by atoms with Crippen LogP contribution < -0.4 is 4.72 Å². The molecule has 0 saturated heterocycles. The van der Waals surface area contributed by atoms with Crippen molar-refractivity contribution in [3.8, 4) is 0 Å². The van der Waals surface area contributed by atoms with Crippen LogP contribution in [0.5, 0.6) is 0 Å². The first-order valence-electron chi connectivity index (χ1n) is 7.22. The number of carboxylic acid groups (broad SMARTS) is 1. The minimum atomic E-state index is -3.31. The third kappa shape index (κ3) is 4.20. The second kappa shape index (κ2) is 6.47. The normalized spacial score (nSPS) is 17.6. The van der Waals surface area contributed by atoms with Crippen LogP contribution in [-0.4, -0.2) is 24.7 Å². The summed E-state index contributed by atoms with van der Waals surface area (Å²) in [6.45, 7) is 1.84. The lowest BCUT2D eigenvalue weighted by atomic mass is 9.98. The van der Waals surface area contributed by atoms with Crippen molar-refractivity contribution in [3.63, 3.8) is 0 Å². The number of anilines is 1. The standard InChI is InChI=1S/C15H21NO4S/c1-11(10-15(17)18)12-6-8-13(9-7-12)16-21(19,20)14-4-2-3-5-14/h6-9,11,14,16H,2-5,10H2,1H3,(H,17,18). The third-order valence-corrected chi connectivity index (χ3v) is 5.83. The van der Waals surface area contributed by atoms with Gasteiger partial charge in [0.05, 0.1) is 11.7 Å². The van der Waals surface area contributed by atoms with Crippen molar-refractivity contribution in [3.05, 3.63) is 29.8 Å². The van der Waals surface area contributed by atoms with Crippen LogP contribution >= 0.6 is 0 Å². The Hall–Kier alpha value is -1.56. The smallest absolute Gasteiger partial charge is 0.303 e. The zero-order valence-electron chi connectivity index (χ0n) is 12.1. The van der Waals surface area contributed by atoms with Gasteiger partial charge in [-0.3, -0.25) is 9.52 Å². The van der Waals surface area contributed by atoms with Gasteiger partial charge in [0, 0.05) is 5.69 Å². The number of hydrogen-bond acceptors (Lipinski definition) is 3. The van der Waals surface area contributed by atoms with Crippen molar-refractivity contribution in [2.45, 2.75) is 50.2 Å². The highest BCUT2D eigenvalue weighted by Crippen LogP contribution is 2.27. The molecule has 1 aromatic carbocycles. The number of carbonyl (C=O) groups is 1. The number of rotatable bonds is 6. The summed E-state index contributed by atoms with van der Waals surface area (Å²) in [5.74, 6) is -0.934. The van der Waals surface area contributed by atoms with Gasteiger partial charge >= 0.3 is 5.97 Å². The van der Waals surface area contributed by atoms with Crippen LogP contribution in [0.4, 0.5) is 5.69 Å². The van der Waals surface area contributed by atoms with Gasteiger partial charge in [-0.2, -0.15) is 0 Å². The second-order valence-corrected chi connectivity index (χ2v) is 7.64. The van der Waals surface area contributed by atoms with Gasteiger partial charge in [0.15, 0.2) is 0 Å². The fraction of sp³-hybridized carbons (Fsp3) is 0.533. The molecule has 0 aromatic heterocycles. The molecule has 1 unspecified atom stereocenters. The maximum Gasteiger partial charge on any atom is 0.303 e. The monoisotopic (exact) mass is 311 g/mol. The van der Waals surface area contributed by atoms with Crippen LogP contribution in [-0.2, 0) is 14.8 Å². The maximum absolute atomic E-state index is 12.2. The molecule has 1 fully saturated rings. The number of sulfonamides is 1. The Morgan fingerprint density at radius 1 is 1.29 bits per heavy atom. The molecule has 0 heterocycles. The van der Waals surface area contributed by atoms with E-state index in [0.717, 1.165) is 31.2 Å². The van der Waals surface area contributed by atoms with Gasteiger partial charge in [0.2, 0.25) is 10.0 Å². The Bertz CT molecular complexity index is 589. The Morgan fingerprint density at radius 2 is 1.86 bits per heavy atom. The van der Waals surface area contributed by atoms with Crippen LogP contribution in [0.3, 0.4) is 0 Å². The van der Waals surface area contributed by atoms with Gasteiger partial charge in [-0.1, -0.05) is 31.9 Å². The van der Waals surface area contributed by atoms with Crippen molar-refractivity contribution < 1.29 is 18.3 Å². The Morgan fingerprint density at radius 3 is 2.38 bits per heavy atom. The van der Waals surface area contributed by atoms with E-state index >= 15 is 0 Å². The van der Waals surface area contributed by atoms with E-state index in [0.29, 0.717) is 5.69 Å². The van der Waals surface area contributed by atoms with Gasteiger partial charge in [-0.05, 0) is 36.5 Å². The van der Waals surface area contributed by atoms with Crippen molar-refractivity contribution in [2.24, 2.45) is 0 Å². The zero-order chi connectivity index (χ0) is 15.5. The Kier molecular flexibility index (Phi) is 4.88. The second-order valence-electron chi connectivity index (χ2n) is 5.67. The third-order valence-electron chi connectivity index (χ3n) is 3.96. The summed E-state index contributed by atoms with van der Waals surface area (Å²) in [7, 11) is -3.31. The summed E-state index contributed by atoms with van der Waals surface area (Å²) in [4.78, 5) is 10.7. The average molecular weight is 311 g/mol. The van der Waals surface area contributed by atoms with Gasteiger partial charge in [0.25, 0.3) is 0 Å². The van der Waals surface area contributed by atoms with Gasteiger partial charge < -0.3 is 5.11 Å². The SMILES string of the molecule is CC(CC(=O)O)c1ccc(NS(=O)(=O)C2CCCC2)cc1. The molecule has 1 atom stereocenters. The number of benzene rings is 1. The topological polar surface area (TPSA) is 83.5 Å². The molecule has 0 aliphatic heterocycles. The molecule has 1 aromatic rings. The summed E-state index contributed by atoms with van der Waals surface area (Å²) in [5.41, 5.74) is 1.43. The van der Waals surface area contributed by atoms with Crippen molar-refractivity contribution in [2.75, 3.05) is 4.72 Å². The summed E-state index contributed by atoms with van der Waals surface area (Å²) < 4.78 is 27.0. The lowest BCUT2D eigenvalue weighted by Crippen LogP contribution is -2.25. The first kappa shape index (κ1) is 15.8. The molecule has 2 rings (SSSR count). The van der Waals surface area contributed by atoms with Crippen LogP contribution in [0, 0.1) is 0 Å². The molecule has 5 nitrogen and oxygen atoms in total. The largest absolute Gasteiger partial charge is 0.481 e. The van der Waals surface area contributed by atoms with E-state index < -0.39 is 16.0 Å². The highest BCUT2D eigenvalue weighted by molar-refractivity contribution is 7.93. The Balaban J connectivity index is 2.03. The van der Waals surface area contributed by atoms with E-state index in [1.165, 1.54) is 0 Å². The predicted octanol–water partition coefficient (Wildman–Crippen LogP) is 2.95. The molecule has 1 aliphatic carbocycles. The first-order valence-corrected chi connectivity index (χ1v) is 8.76. The predicted molar refractivity (Wildman–Crippen MR) is 81.9 cm³/mol. The van der Waals surface area contributed by atoms with E-state index in [4.69, 9.17) is 5.11 Å². The molecule has 2 N–H and O–H groups in total. The number of hydrogen-bond donors (Lipinski definition) is 2. The zero-order valence-corrected chi connectivity index (χ0v) is 12.9. The molecule has 0 spiro atoms. The molecule has 0 radical (unpaired) electrons. The van der Waals surface area contributed by atoms with E-state index in [2.05, 4.69) is 4.72 Å². The fourth-order valence-electron chi connectivity index (χ4n) is 2.71. The molecular formula is C15H21NO4S. The van der Waals surface area contributed by atoms with E-state index in [9.17, 15) is 13.2 Å². The average Bonchev–Trinajstić information content (AvgIpc) is 2.93. The highest BCUT2D eigenvalue weighted by atomic mass is 32.2. The van der Waals surface area contributed by atoms with Crippen LogP contribution in [0.15, 0.2) is 24.3 Å².